The lowest BCUT2D eigenvalue weighted by atomic mass is 9.80. The fourth-order valence-corrected chi connectivity index (χ4v) is 6.75. The van der Waals surface area contributed by atoms with E-state index < -0.39 is 29.8 Å². The molecule has 0 spiro atoms. The van der Waals surface area contributed by atoms with Gasteiger partial charge < -0.3 is 19.5 Å². The van der Waals surface area contributed by atoms with E-state index in [4.69, 9.17) is 20.6 Å². The first-order valence-corrected chi connectivity index (χ1v) is 12.2. The SMILES string of the molecule is CC1(C)CC(OP(=O)(CCl)OC2CC(C)(C)N(O)C(C)(C)C2)CC(C)(C)N1O. The van der Waals surface area contributed by atoms with E-state index in [1.165, 1.54) is 10.1 Å². The Morgan fingerprint density at radius 3 is 1.25 bits per heavy atom. The van der Waals surface area contributed by atoms with Crippen molar-refractivity contribution in [2.24, 2.45) is 0 Å². The molecule has 0 aliphatic carbocycles. The summed E-state index contributed by atoms with van der Waals surface area (Å²) >= 11 is 6.06. The molecule has 0 aromatic carbocycles. The second-order valence-electron chi connectivity index (χ2n) is 10.9. The highest BCUT2D eigenvalue weighted by atomic mass is 35.5. The summed E-state index contributed by atoms with van der Waals surface area (Å²) in [7, 11) is -3.54. The van der Waals surface area contributed by atoms with Gasteiger partial charge in [-0.2, -0.15) is 10.1 Å². The normalized spacial score (nSPS) is 29.1. The van der Waals surface area contributed by atoms with Crippen LogP contribution in [-0.4, -0.2) is 60.5 Å². The standard InChI is InChI=1S/C19H38ClN2O5P/c1-16(2)9-14(10-17(3,4)21(16)23)26-28(25,13-20)27-15-11-18(5,6)22(24)19(7,8)12-15/h14-15,23-24H,9-13H2,1-8H3. The molecular weight excluding hydrogens is 403 g/mol. The minimum absolute atomic E-state index is 0.229. The van der Waals surface area contributed by atoms with Gasteiger partial charge in [-0.1, -0.05) is 0 Å². The van der Waals surface area contributed by atoms with Crippen molar-refractivity contribution in [3.05, 3.63) is 0 Å². The van der Waals surface area contributed by atoms with Crippen molar-refractivity contribution < 1.29 is 24.0 Å². The van der Waals surface area contributed by atoms with E-state index in [0.29, 0.717) is 25.7 Å². The molecule has 0 unspecified atom stereocenters. The van der Waals surface area contributed by atoms with Crippen LogP contribution >= 0.6 is 19.2 Å². The van der Waals surface area contributed by atoms with Gasteiger partial charge in [0.25, 0.3) is 0 Å². The zero-order chi connectivity index (χ0) is 21.8. The summed E-state index contributed by atoms with van der Waals surface area (Å²) in [6.07, 6.45) is 1.40. The van der Waals surface area contributed by atoms with E-state index in [9.17, 15) is 15.0 Å². The van der Waals surface area contributed by atoms with Gasteiger partial charge in [0.05, 0.1) is 12.2 Å². The first kappa shape index (κ1) is 24.5. The summed E-state index contributed by atoms with van der Waals surface area (Å²) in [6, 6.07) is 0. The van der Waals surface area contributed by atoms with Crippen LogP contribution in [0.4, 0.5) is 0 Å². The summed E-state index contributed by atoms with van der Waals surface area (Å²) in [4.78, 5) is 0. The van der Waals surface area contributed by atoms with E-state index >= 15 is 0 Å². The van der Waals surface area contributed by atoms with Crippen LogP contribution in [0.5, 0.6) is 0 Å². The molecule has 7 nitrogen and oxygen atoms in total. The van der Waals surface area contributed by atoms with Gasteiger partial charge in [0.1, 0.15) is 5.62 Å². The third kappa shape index (κ3) is 5.12. The zero-order valence-corrected chi connectivity index (χ0v) is 20.2. The summed E-state index contributed by atoms with van der Waals surface area (Å²) in [5.41, 5.74) is -2.30. The number of hydrogen-bond acceptors (Lipinski definition) is 7. The average molecular weight is 441 g/mol. The van der Waals surface area contributed by atoms with Crippen LogP contribution in [0.15, 0.2) is 0 Å². The lowest BCUT2D eigenvalue weighted by molar-refractivity contribution is -0.258. The molecule has 0 amide bonds. The molecule has 2 N–H and O–H groups in total. The molecule has 0 bridgehead atoms. The van der Waals surface area contributed by atoms with E-state index in [1.807, 2.05) is 55.4 Å². The van der Waals surface area contributed by atoms with Crippen molar-refractivity contribution in [3.63, 3.8) is 0 Å². The van der Waals surface area contributed by atoms with Crippen molar-refractivity contribution in [3.8, 4) is 0 Å². The number of hydrogen-bond donors (Lipinski definition) is 2. The van der Waals surface area contributed by atoms with Crippen LogP contribution in [-0.2, 0) is 13.6 Å². The summed E-state index contributed by atoms with van der Waals surface area (Å²) in [5, 5.41) is 23.6. The molecule has 28 heavy (non-hydrogen) atoms. The molecule has 2 heterocycles. The van der Waals surface area contributed by atoms with Crippen molar-refractivity contribution >= 4 is 19.2 Å². The Morgan fingerprint density at radius 1 is 0.786 bits per heavy atom. The summed E-state index contributed by atoms with van der Waals surface area (Å²) < 4.78 is 25.4. The van der Waals surface area contributed by atoms with Crippen LogP contribution in [0.1, 0.15) is 81.1 Å². The van der Waals surface area contributed by atoms with E-state index in [-0.39, 0.29) is 17.8 Å². The second kappa shape index (κ2) is 7.76. The third-order valence-electron chi connectivity index (χ3n) is 5.97. The van der Waals surface area contributed by atoms with Crippen molar-refractivity contribution in [1.29, 1.82) is 0 Å². The summed E-state index contributed by atoms with van der Waals surface area (Å²) in [6.45, 7) is 15.4. The van der Waals surface area contributed by atoms with Crippen LogP contribution in [0.3, 0.4) is 0 Å². The smallest absolute Gasteiger partial charge is 0.313 e. The molecule has 0 radical (unpaired) electrons. The molecule has 0 atom stereocenters. The molecule has 2 aliphatic heterocycles. The average Bonchev–Trinajstić information content (AvgIpc) is 2.49. The van der Waals surface area contributed by atoms with Crippen molar-refractivity contribution in [2.45, 2.75) is 115 Å². The maximum absolute atomic E-state index is 13.4. The van der Waals surface area contributed by atoms with Crippen LogP contribution in [0.2, 0.25) is 0 Å². The highest BCUT2D eigenvalue weighted by Gasteiger charge is 2.50. The largest absolute Gasteiger partial charge is 0.345 e. The zero-order valence-electron chi connectivity index (χ0n) is 18.5. The molecule has 166 valence electrons. The third-order valence-corrected chi connectivity index (χ3v) is 8.38. The molecular formula is C19H38ClN2O5P. The van der Waals surface area contributed by atoms with E-state index in [0.717, 1.165) is 0 Å². The first-order valence-electron chi connectivity index (χ1n) is 9.94. The lowest BCUT2D eigenvalue weighted by Gasteiger charge is -2.52. The topological polar surface area (TPSA) is 82.5 Å². The molecule has 2 aliphatic rings. The first-order chi connectivity index (χ1) is 12.4. The number of halogens is 1. The fourth-order valence-electron chi connectivity index (χ4n) is 5.04. The van der Waals surface area contributed by atoms with Crippen LogP contribution in [0, 0.1) is 0 Å². The maximum atomic E-state index is 13.4. The Balaban J connectivity index is 2.14. The number of alkyl halides is 1. The van der Waals surface area contributed by atoms with Gasteiger partial charge in [0, 0.05) is 22.2 Å². The minimum Gasteiger partial charge on any atom is -0.313 e. The molecule has 2 fully saturated rings. The van der Waals surface area contributed by atoms with Crippen LogP contribution in [0.25, 0.3) is 0 Å². The highest BCUT2D eigenvalue weighted by molar-refractivity contribution is 7.55. The second-order valence-corrected chi connectivity index (χ2v) is 13.5. The van der Waals surface area contributed by atoms with Gasteiger partial charge >= 0.3 is 7.60 Å². The Morgan fingerprint density at radius 2 is 1.04 bits per heavy atom. The fraction of sp³-hybridized carbons (Fsp3) is 1.00. The van der Waals surface area contributed by atoms with E-state index in [1.54, 1.807) is 0 Å². The predicted molar refractivity (Wildman–Crippen MR) is 110 cm³/mol. The summed E-state index contributed by atoms with van der Waals surface area (Å²) in [5.74, 6) is 0. The Kier molecular flexibility index (Phi) is 6.80. The Hall–Kier alpha value is 0.280. The molecule has 9 heteroatoms. The van der Waals surface area contributed by atoms with Gasteiger partial charge in [0.2, 0.25) is 0 Å². The van der Waals surface area contributed by atoms with Gasteiger partial charge in [-0.25, -0.2) is 0 Å². The quantitative estimate of drug-likeness (QED) is 0.447. The predicted octanol–water partition coefficient (Wildman–Crippen LogP) is 5.23. The Bertz CT molecular complexity index is 541. The maximum Gasteiger partial charge on any atom is 0.345 e. The number of hydroxylamine groups is 4. The number of piperidine rings is 2. The number of nitrogens with zero attached hydrogens (tertiary/aromatic N) is 2. The lowest BCUT2D eigenvalue weighted by Crippen LogP contribution is -2.61. The van der Waals surface area contributed by atoms with Crippen molar-refractivity contribution in [1.82, 2.24) is 10.1 Å². The van der Waals surface area contributed by atoms with E-state index in [2.05, 4.69) is 0 Å². The molecule has 0 aromatic heterocycles. The van der Waals surface area contributed by atoms with Gasteiger partial charge in [-0.05, 0) is 81.1 Å². The van der Waals surface area contributed by atoms with Crippen molar-refractivity contribution in [2.75, 3.05) is 5.62 Å². The molecule has 2 rings (SSSR count). The molecule has 0 saturated carbocycles. The molecule has 2 saturated heterocycles. The number of rotatable bonds is 5. The Labute approximate surface area is 174 Å². The van der Waals surface area contributed by atoms with Gasteiger partial charge in [-0.15, -0.1) is 11.6 Å². The monoisotopic (exact) mass is 440 g/mol. The van der Waals surface area contributed by atoms with Gasteiger partial charge in [0.15, 0.2) is 0 Å². The minimum atomic E-state index is -3.54. The van der Waals surface area contributed by atoms with Crippen LogP contribution < -0.4 is 0 Å². The van der Waals surface area contributed by atoms with Gasteiger partial charge in [-0.3, -0.25) is 4.57 Å². The highest BCUT2D eigenvalue weighted by Crippen LogP contribution is 2.56. The molecule has 0 aromatic rings.